The fourth-order valence-electron chi connectivity index (χ4n) is 3.97. The predicted octanol–water partition coefficient (Wildman–Crippen LogP) is 1.94. The Labute approximate surface area is 191 Å². The van der Waals surface area contributed by atoms with Crippen molar-refractivity contribution in [1.82, 2.24) is 14.8 Å². The van der Waals surface area contributed by atoms with E-state index in [0.717, 1.165) is 10.8 Å². The van der Waals surface area contributed by atoms with Gasteiger partial charge in [-0.05, 0) is 41.8 Å². The largest absolute Gasteiger partial charge is 0.480 e. The first kappa shape index (κ1) is 22.2. The molecule has 0 atom stereocenters. The van der Waals surface area contributed by atoms with Crippen molar-refractivity contribution in [2.24, 2.45) is 0 Å². The highest BCUT2D eigenvalue weighted by molar-refractivity contribution is 6.08. The van der Waals surface area contributed by atoms with Gasteiger partial charge in [-0.15, -0.1) is 0 Å². The van der Waals surface area contributed by atoms with Crippen LogP contribution in [0.25, 0.3) is 10.8 Å². The Kier molecular flexibility index (Phi) is 6.23. The minimum atomic E-state index is -0.879. The summed E-state index contributed by atoms with van der Waals surface area (Å²) in [4.78, 5) is 46.1. The van der Waals surface area contributed by atoms with E-state index in [4.69, 9.17) is 10.8 Å². The van der Waals surface area contributed by atoms with Gasteiger partial charge >= 0.3 is 5.97 Å². The molecule has 3 aromatic rings. The molecular weight excluding hydrogens is 422 g/mol. The molecule has 1 fully saturated rings. The molecule has 1 saturated heterocycles. The Morgan fingerprint density at radius 1 is 1.03 bits per heavy atom. The van der Waals surface area contributed by atoms with Gasteiger partial charge in [0.2, 0.25) is 0 Å². The monoisotopic (exact) mass is 447 g/mol. The van der Waals surface area contributed by atoms with Crippen molar-refractivity contribution in [3.63, 3.8) is 0 Å². The third kappa shape index (κ3) is 4.78. The van der Waals surface area contributed by atoms with Crippen LogP contribution in [0.1, 0.15) is 20.7 Å². The summed E-state index contributed by atoms with van der Waals surface area (Å²) in [5.74, 6) is -0.911. The number of nitrogen functional groups attached to an aromatic ring is 1. The van der Waals surface area contributed by atoms with Gasteiger partial charge in [0, 0.05) is 61.6 Å². The van der Waals surface area contributed by atoms with Gasteiger partial charge in [0.05, 0.1) is 6.54 Å². The first-order chi connectivity index (χ1) is 15.8. The fraction of sp³-hybridized carbons (Fsp3) is 0.250. The van der Waals surface area contributed by atoms with Crippen LogP contribution in [0.15, 0.2) is 54.7 Å². The van der Waals surface area contributed by atoms with Crippen LogP contribution in [0.3, 0.4) is 0 Å². The minimum Gasteiger partial charge on any atom is -0.480 e. The normalized spacial score (nSPS) is 14.3. The number of aliphatic carboxylic acids is 1. The van der Waals surface area contributed by atoms with Crippen molar-refractivity contribution in [3.05, 3.63) is 65.9 Å². The lowest BCUT2D eigenvalue weighted by Crippen LogP contribution is -2.49. The molecule has 0 spiro atoms. The standard InChI is InChI=1S/C24H25N5O4/c1-27(19-6-5-16-7-8-26-22(25)20(16)14-19)23(32)17-3-2-4-18(13-17)24(33)29-11-9-28(10-12-29)15-21(30)31/h2-8,13-14H,9-12,15H2,1H3,(H2,25,26)(H,30,31). The summed E-state index contributed by atoms with van der Waals surface area (Å²) < 4.78 is 0. The van der Waals surface area contributed by atoms with Gasteiger partial charge in [0.15, 0.2) is 0 Å². The van der Waals surface area contributed by atoms with E-state index >= 15 is 0 Å². The van der Waals surface area contributed by atoms with Crippen LogP contribution < -0.4 is 10.6 Å². The van der Waals surface area contributed by atoms with Crippen LogP contribution in [-0.4, -0.2) is 77.4 Å². The Balaban J connectivity index is 1.49. The number of carbonyl (C=O) groups is 3. The first-order valence-corrected chi connectivity index (χ1v) is 10.6. The lowest BCUT2D eigenvalue weighted by molar-refractivity contribution is -0.138. The molecule has 2 aromatic carbocycles. The number of nitrogens with zero attached hydrogens (tertiary/aromatic N) is 4. The van der Waals surface area contributed by atoms with E-state index in [0.29, 0.717) is 48.8 Å². The molecule has 170 valence electrons. The van der Waals surface area contributed by atoms with Crippen LogP contribution in [0.2, 0.25) is 0 Å². The molecule has 3 N–H and O–H groups in total. The van der Waals surface area contributed by atoms with E-state index in [9.17, 15) is 14.4 Å². The number of carbonyl (C=O) groups excluding carboxylic acids is 2. The predicted molar refractivity (Wildman–Crippen MR) is 125 cm³/mol. The number of hydrogen-bond acceptors (Lipinski definition) is 6. The van der Waals surface area contributed by atoms with Gasteiger partial charge < -0.3 is 20.6 Å². The van der Waals surface area contributed by atoms with Crippen molar-refractivity contribution in [1.29, 1.82) is 0 Å². The van der Waals surface area contributed by atoms with Gasteiger partial charge in [-0.2, -0.15) is 0 Å². The van der Waals surface area contributed by atoms with Crippen LogP contribution in [0.4, 0.5) is 11.5 Å². The Bertz CT molecular complexity index is 1220. The van der Waals surface area contributed by atoms with Crippen LogP contribution in [0.5, 0.6) is 0 Å². The zero-order valence-electron chi connectivity index (χ0n) is 18.3. The van der Waals surface area contributed by atoms with Crippen LogP contribution >= 0.6 is 0 Å². The van der Waals surface area contributed by atoms with Crippen molar-refractivity contribution >= 4 is 40.1 Å². The van der Waals surface area contributed by atoms with E-state index in [1.54, 1.807) is 47.3 Å². The maximum atomic E-state index is 13.2. The molecule has 0 radical (unpaired) electrons. The molecule has 2 heterocycles. The van der Waals surface area contributed by atoms with E-state index in [-0.39, 0.29) is 18.4 Å². The number of hydrogen-bond donors (Lipinski definition) is 2. The zero-order chi connectivity index (χ0) is 23.5. The second-order valence-corrected chi connectivity index (χ2v) is 8.01. The number of pyridine rings is 1. The SMILES string of the molecule is CN(C(=O)c1cccc(C(=O)N2CCN(CC(=O)O)CC2)c1)c1ccc2ccnc(N)c2c1. The van der Waals surface area contributed by atoms with Gasteiger partial charge in [-0.3, -0.25) is 19.3 Å². The molecule has 0 unspecified atom stereocenters. The number of aromatic nitrogens is 1. The van der Waals surface area contributed by atoms with Crippen LogP contribution in [0, 0.1) is 0 Å². The number of rotatable bonds is 5. The number of carboxylic acids is 1. The zero-order valence-corrected chi connectivity index (χ0v) is 18.3. The van der Waals surface area contributed by atoms with Crippen molar-refractivity contribution in [2.45, 2.75) is 0 Å². The lowest BCUT2D eigenvalue weighted by Gasteiger charge is -2.33. The molecule has 2 amide bonds. The molecule has 0 aliphatic carbocycles. The highest BCUT2D eigenvalue weighted by Gasteiger charge is 2.24. The van der Waals surface area contributed by atoms with E-state index in [1.165, 1.54) is 4.90 Å². The van der Waals surface area contributed by atoms with E-state index in [1.807, 2.05) is 24.3 Å². The number of anilines is 2. The van der Waals surface area contributed by atoms with Gasteiger partial charge in [0.1, 0.15) is 5.82 Å². The summed E-state index contributed by atoms with van der Waals surface area (Å²) in [5.41, 5.74) is 7.46. The third-order valence-corrected chi connectivity index (χ3v) is 5.85. The Morgan fingerprint density at radius 3 is 2.48 bits per heavy atom. The fourth-order valence-corrected chi connectivity index (χ4v) is 3.97. The summed E-state index contributed by atoms with van der Waals surface area (Å²) >= 11 is 0. The molecule has 1 aromatic heterocycles. The van der Waals surface area contributed by atoms with E-state index < -0.39 is 5.97 Å². The second kappa shape index (κ2) is 9.25. The van der Waals surface area contributed by atoms with Crippen molar-refractivity contribution in [2.75, 3.05) is 50.4 Å². The average molecular weight is 447 g/mol. The molecule has 9 nitrogen and oxygen atoms in total. The van der Waals surface area contributed by atoms with Gasteiger partial charge in [-0.25, -0.2) is 4.98 Å². The number of piperazine rings is 1. The molecular formula is C24H25N5O4. The Morgan fingerprint density at radius 2 is 1.76 bits per heavy atom. The molecule has 0 bridgehead atoms. The van der Waals surface area contributed by atoms with Gasteiger partial charge in [-0.1, -0.05) is 12.1 Å². The Hall–Kier alpha value is -3.98. The quantitative estimate of drug-likeness (QED) is 0.613. The topological polar surface area (TPSA) is 120 Å². The smallest absolute Gasteiger partial charge is 0.317 e. The molecule has 33 heavy (non-hydrogen) atoms. The lowest BCUT2D eigenvalue weighted by atomic mass is 10.1. The third-order valence-electron chi connectivity index (χ3n) is 5.85. The van der Waals surface area contributed by atoms with E-state index in [2.05, 4.69) is 4.98 Å². The van der Waals surface area contributed by atoms with Gasteiger partial charge in [0.25, 0.3) is 11.8 Å². The summed E-state index contributed by atoms with van der Waals surface area (Å²) in [6.07, 6.45) is 1.64. The number of benzene rings is 2. The number of carboxylic acid groups (broad SMARTS) is 1. The average Bonchev–Trinajstić information content (AvgIpc) is 2.83. The summed E-state index contributed by atoms with van der Waals surface area (Å²) in [6.45, 7) is 1.85. The summed E-state index contributed by atoms with van der Waals surface area (Å²) in [7, 11) is 1.67. The maximum Gasteiger partial charge on any atom is 0.317 e. The first-order valence-electron chi connectivity index (χ1n) is 10.6. The molecule has 4 rings (SSSR count). The number of nitrogens with two attached hydrogens (primary N) is 1. The molecule has 1 aliphatic heterocycles. The number of amides is 2. The summed E-state index contributed by atoms with van der Waals surface area (Å²) in [6, 6.07) is 14.1. The molecule has 9 heteroatoms. The second-order valence-electron chi connectivity index (χ2n) is 8.01. The van der Waals surface area contributed by atoms with Crippen molar-refractivity contribution < 1.29 is 19.5 Å². The minimum absolute atomic E-state index is 0.0329. The van der Waals surface area contributed by atoms with Crippen molar-refractivity contribution in [3.8, 4) is 0 Å². The summed E-state index contributed by atoms with van der Waals surface area (Å²) in [5, 5.41) is 10.6. The molecule has 1 aliphatic rings. The highest BCUT2D eigenvalue weighted by Crippen LogP contribution is 2.25. The molecule has 0 saturated carbocycles. The highest BCUT2D eigenvalue weighted by atomic mass is 16.4. The maximum absolute atomic E-state index is 13.2. The van der Waals surface area contributed by atoms with Crippen LogP contribution in [-0.2, 0) is 4.79 Å². The number of fused-ring (bicyclic) bond motifs is 1.